The topological polar surface area (TPSA) is 84.5 Å². The van der Waals surface area contributed by atoms with Gasteiger partial charge in [0, 0.05) is 0 Å². The lowest BCUT2D eigenvalue weighted by Crippen LogP contribution is -3.19. The van der Waals surface area contributed by atoms with Crippen LogP contribution in [-0.4, -0.2) is 62.0 Å². The average Bonchev–Trinajstić information content (AvgIpc) is 3.36. The molecule has 2 saturated heterocycles. The summed E-state index contributed by atoms with van der Waals surface area (Å²) in [5, 5.41) is 0.339. The van der Waals surface area contributed by atoms with E-state index in [2.05, 4.69) is 0 Å². The number of nitrogens with zero attached hydrogens (tertiary/aromatic N) is 2. The minimum atomic E-state index is -0.454. The van der Waals surface area contributed by atoms with Crippen molar-refractivity contribution in [3.63, 3.8) is 0 Å². The highest BCUT2D eigenvalue weighted by Gasteiger charge is 2.46. The van der Waals surface area contributed by atoms with Crippen LogP contribution in [0.15, 0.2) is 41.0 Å². The highest BCUT2D eigenvalue weighted by atomic mass is 35.5. The van der Waals surface area contributed by atoms with Crippen LogP contribution in [0.25, 0.3) is 0 Å². The van der Waals surface area contributed by atoms with Gasteiger partial charge in [0.05, 0.1) is 56.7 Å². The van der Waals surface area contributed by atoms with E-state index in [-0.39, 0.29) is 24.1 Å². The summed E-state index contributed by atoms with van der Waals surface area (Å²) in [7, 11) is 1.50. The van der Waals surface area contributed by atoms with Crippen molar-refractivity contribution in [1.82, 2.24) is 4.90 Å². The van der Waals surface area contributed by atoms with Crippen molar-refractivity contribution >= 4 is 35.0 Å². The molecule has 0 aliphatic carbocycles. The van der Waals surface area contributed by atoms with Crippen molar-refractivity contribution in [2.24, 2.45) is 0 Å². The molecule has 2 aromatic rings. The fourth-order valence-corrected chi connectivity index (χ4v) is 4.17. The predicted molar refractivity (Wildman–Crippen MR) is 104 cm³/mol. The number of benzene rings is 1. The Morgan fingerprint density at radius 2 is 2.00 bits per heavy atom. The Morgan fingerprint density at radius 1 is 1.24 bits per heavy atom. The van der Waals surface area contributed by atoms with Crippen LogP contribution in [0, 0.1) is 0 Å². The quantitative estimate of drug-likeness (QED) is 0.736. The molecule has 152 valence electrons. The molecule has 0 bridgehead atoms. The van der Waals surface area contributed by atoms with Gasteiger partial charge < -0.3 is 19.0 Å². The summed E-state index contributed by atoms with van der Waals surface area (Å²) in [6, 6.07) is 7.71. The number of hydrogen-bond acceptors (Lipinski definition) is 5. The Balaban J connectivity index is 1.43. The van der Waals surface area contributed by atoms with Crippen LogP contribution < -0.4 is 14.5 Å². The number of carbonyl (C=O) groups excluding carboxylic acids is 3. The van der Waals surface area contributed by atoms with Crippen LogP contribution in [0.3, 0.4) is 0 Å². The number of anilines is 1. The lowest BCUT2D eigenvalue weighted by Gasteiger charge is -2.34. The number of amides is 3. The maximum absolute atomic E-state index is 13.0. The standard InChI is InChI=1S/C20H20ClN3O5/c1-28-16-5-4-13(11-14(16)21)24-18(25)12-15(19(24)26)22-6-8-23(9-7-22)20(27)17-3-2-10-29-17/h2-5,10-11,15H,6-9,12H2,1H3/p+1/t15-/m0/s1. The van der Waals surface area contributed by atoms with Gasteiger partial charge >= 0.3 is 0 Å². The second-order valence-electron chi connectivity index (χ2n) is 7.07. The molecule has 0 saturated carbocycles. The van der Waals surface area contributed by atoms with E-state index >= 15 is 0 Å². The summed E-state index contributed by atoms with van der Waals surface area (Å²) in [5.74, 6) is 0.148. The van der Waals surface area contributed by atoms with Crippen molar-refractivity contribution in [2.75, 3.05) is 38.2 Å². The Morgan fingerprint density at radius 3 is 2.62 bits per heavy atom. The SMILES string of the molecule is COc1ccc(N2C(=O)C[C@H]([NH+]3CCN(C(=O)c4ccco4)CC3)C2=O)cc1Cl. The first kappa shape index (κ1) is 19.5. The molecular weight excluding hydrogens is 398 g/mol. The number of nitrogens with one attached hydrogen (secondary N) is 1. The average molecular weight is 419 g/mol. The molecule has 9 heteroatoms. The van der Waals surface area contributed by atoms with E-state index in [1.165, 1.54) is 18.3 Å². The van der Waals surface area contributed by atoms with Crippen molar-refractivity contribution in [2.45, 2.75) is 12.5 Å². The molecule has 2 fully saturated rings. The van der Waals surface area contributed by atoms with Gasteiger partial charge in [0.15, 0.2) is 11.8 Å². The number of hydrogen-bond donors (Lipinski definition) is 1. The van der Waals surface area contributed by atoms with Gasteiger partial charge in [0.1, 0.15) is 5.75 Å². The molecule has 1 atom stereocenters. The van der Waals surface area contributed by atoms with E-state index in [0.29, 0.717) is 48.4 Å². The number of furan rings is 1. The summed E-state index contributed by atoms with van der Waals surface area (Å²) in [6.07, 6.45) is 1.61. The molecule has 3 heterocycles. The van der Waals surface area contributed by atoms with E-state index in [1.54, 1.807) is 35.2 Å². The number of rotatable bonds is 4. The minimum absolute atomic E-state index is 0.143. The van der Waals surface area contributed by atoms with Gasteiger partial charge in [-0.3, -0.25) is 14.4 Å². The molecule has 1 aromatic carbocycles. The first-order chi connectivity index (χ1) is 14.0. The van der Waals surface area contributed by atoms with Crippen LogP contribution in [0.4, 0.5) is 5.69 Å². The third kappa shape index (κ3) is 3.61. The fourth-order valence-electron chi connectivity index (χ4n) is 3.92. The highest BCUT2D eigenvalue weighted by Crippen LogP contribution is 2.31. The summed E-state index contributed by atoms with van der Waals surface area (Å²) >= 11 is 6.15. The van der Waals surface area contributed by atoms with Crippen molar-refractivity contribution in [3.05, 3.63) is 47.4 Å². The van der Waals surface area contributed by atoms with Crippen LogP contribution in [0.2, 0.25) is 5.02 Å². The van der Waals surface area contributed by atoms with Gasteiger partial charge in [-0.05, 0) is 30.3 Å². The molecule has 29 heavy (non-hydrogen) atoms. The smallest absolute Gasteiger partial charge is 0.292 e. The molecule has 2 aliphatic heterocycles. The molecule has 0 unspecified atom stereocenters. The maximum atomic E-state index is 13.0. The van der Waals surface area contributed by atoms with Gasteiger partial charge in [-0.2, -0.15) is 0 Å². The summed E-state index contributed by atoms with van der Waals surface area (Å²) in [5.41, 5.74) is 0.444. The van der Waals surface area contributed by atoms with E-state index in [4.69, 9.17) is 20.8 Å². The zero-order chi connectivity index (χ0) is 20.5. The first-order valence-electron chi connectivity index (χ1n) is 9.37. The normalized spacial score (nSPS) is 20.4. The monoisotopic (exact) mass is 418 g/mol. The molecule has 1 aromatic heterocycles. The summed E-state index contributed by atoms with van der Waals surface area (Å²) in [4.78, 5) is 41.9. The third-order valence-electron chi connectivity index (χ3n) is 5.46. The predicted octanol–water partition coefficient (Wildman–Crippen LogP) is 0.614. The Hall–Kier alpha value is -2.84. The number of ether oxygens (including phenoxy) is 1. The first-order valence-corrected chi connectivity index (χ1v) is 9.75. The van der Waals surface area contributed by atoms with E-state index in [1.807, 2.05) is 0 Å². The van der Waals surface area contributed by atoms with Gasteiger partial charge in [-0.25, -0.2) is 4.90 Å². The van der Waals surface area contributed by atoms with E-state index in [9.17, 15) is 14.4 Å². The number of quaternary nitrogens is 1. The van der Waals surface area contributed by atoms with Crippen LogP contribution in [0.1, 0.15) is 17.0 Å². The largest absolute Gasteiger partial charge is 0.495 e. The van der Waals surface area contributed by atoms with Crippen molar-refractivity contribution in [1.29, 1.82) is 0 Å². The van der Waals surface area contributed by atoms with Gasteiger partial charge in [0.25, 0.3) is 11.8 Å². The van der Waals surface area contributed by atoms with Gasteiger partial charge in [-0.15, -0.1) is 0 Å². The second-order valence-corrected chi connectivity index (χ2v) is 7.48. The lowest BCUT2D eigenvalue weighted by atomic mass is 10.1. The van der Waals surface area contributed by atoms with Crippen molar-refractivity contribution in [3.8, 4) is 5.75 Å². The maximum Gasteiger partial charge on any atom is 0.292 e. The number of carbonyl (C=O) groups is 3. The number of methoxy groups -OCH3 is 1. The third-order valence-corrected chi connectivity index (χ3v) is 5.75. The van der Waals surface area contributed by atoms with E-state index < -0.39 is 6.04 Å². The molecule has 8 nitrogen and oxygen atoms in total. The van der Waals surface area contributed by atoms with Gasteiger partial charge in [0.2, 0.25) is 5.91 Å². The summed E-state index contributed by atoms with van der Waals surface area (Å²) in [6.45, 7) is 2.18. The van der Waals surface area contributed by atoms with Crippen LogP contribution in [-0.2, 0) is 9.59 Å². The molecule has 4 rings (SSSR count). The molecule has 3 amide bonds. The highest BCUT2D eigenvalue weighted by molar-refractivity contribution is 6.32. The van der Waals surface area contributed by atoms with Crippen LogP contribution in [0.5, 0.6) is 5.75 Å². The Bertz CT molecular complexity index is 938. The Labute approximate surface area is 172 Å². The molecule has 1 N–H and O–H groups in total. The lowest BCUT2D eigenvalue weighted by molar-refractivity contribution is -0.918. The fraction of sp³-hybridized carbons (Fsp3) is 0.350. The molecule has 2 aliphatic rings. The number of piperazine rings is 1. The zero-order valence-electron chi connectivity index (χ0n) is 15.9. The van der Waals surface area contributed by atoms with Crippen LogP contribution >= 0.6 is 11.6 Å². The number of imide groups is 1. The van der Waals surface area contributed by atoms with Crippen molar-refractivity contribution < 1.29 is 28.4 Å². The van der Waals surface area contributed by atoms with E-state index in [0.717, 1.165) is 4.90 Å². The summed E-state index contributed by atoms with van der Waals surface area (Å²) < 4.78 is 10.3. The zero-order valence-corrected chi connectivity index (χ0v) is 16.6. The molecule has 0 radical (unpaired) electrons. The molecule has 0 spiro atoms. The Kier molecular flexibility index (Phi) is 5.29. The molecular formula is C20H21ClN3O5+. The minimum Gasteiger partial charge on any atom is -0.495 e. The second kappa shape index (κ2) is 7.88. The van der Waals surface area contributed by atoms with Gasteiger partial charge in [-0.1, -0.05) is 11.6 Å². The number of halogens is 1.